The number of halogens is 1. The molecular weight excluding hydrogens is 256 g/mol. The molecule has 0 radical (unpaired) electrons. The van der Waals surface area contributed by atoms with E-state index < -0.39 is 6.03 Å². The minimum absolute atomic E-state index is 0. The van der Waals surface area contributed by atoms with Crippen molar-refractivity contribution in [2.45, 2.75) is 25.3 Å². The van der Waals surface area contributed by atoms with Crippen LogP contribution in [0, 0.1) is 0 Å². The van der Waals surface area contributed by atoms with E-state index in [9.17, 15) is 9.59 Å². The van der Waals surface area contributed by atoms with Gasteiger partial charge in [0.05, 0.1) is 0 Å². The lowest BCUT2D eigenvalue weighted by atomic mass is 10.1. The van der Waals surface area contributed by atoms with Gasteiger partial charge in [-0.2, -0.15) is 0 Å². The number of nitrogens with one attached hydrogen (secondary N) is 3. The lowest BCUT2D eigenvalue weighted by molar-refractivity contribution is -0.120. The average Bonchev–Trinajstić information content (AvgIpc) is 2.36. The zero-order valence-electron chi connectivity index (χ0n) is 11.0. The Morgan fingerprint density at radius 3 is 2.33 bits per heavy atom. The first-order valence-electron chi connectivity index (χ1n) is 6.07. The zero-order valence-corrected chi connectivity index (χ0v) is 11.8. The maximum Gasteiger partial charge on any atom is 0.321 e. The van der Waals surface area contributed by atoms with Crippen molar-refractivity contribution in [1.29, 1.82) is 0 Å². The van der Waals surface area contributed by atoms with E-state index in [-0.39, 0.29) is 18.3 Å². The first-order valence-corrected chi connectivity index (χ1v) is 6.07. The minimum atomic E-state index is -0.441. The van der Waals surface area contributed by atoms with Crippen LogP contribution in [0.15, 0.2) is 0 Å². The predicted molar refractivity (Wildman–Crippen MR) is 73.0 cm³/mol. The first-order chi connectivity index (χ1) is 8.15. The molecule has 1 saturated heterocycles. The Bertz CT molecular complexity index is 268. The van der Waals surface area contributed by atoms with Crippen LogP contribution in [-0.4, -0.2) is 56.6 Å². The minimum Gasteiger partial charge on any atom is -0.341 e. The molecule has 0 aliphatic carbocycles. The van der Waals surface area contributed by atoms with Crippen molar-refractivity contribution in [3.63, 3.8) is 0 Å². The highest BCUT2D eigenvalue weighted by Gasteiger charge is 2.18. The van der Waals surface area contributed by atoms with Gasteiger partial charge in [-0.05, 0) is 33.0 Å². The summed E-state index contributed by atoms with van der Waals surface area (Å²) < 4.78 is 0. The number of imide groups is 1. The zero-order chi connectivity index (χ0) is 12.7. The summed E-state index contributed by atoms with van der Waals surface area (Å²) in [5, 5.41) is 7.88. The van der Waals surface area contributed by atoms with Crippen LogP contribution >= 0.6 is 12.4 Å². The summed E-state index contributed by atoms with van der Waals surface area (Å²) in [6.45, 7) is 2.75. The second-order valence-corrected chi connectivity index (χ2v) is 4.28. The maximum atomic E-state index is 11.4. The molecule has 0 bridgehead atoms. The number of piperidine rings is 1. The SMILES string of the molecule is CNC(=O)NC(=O)CCN1CCC(NC)CC1.Cl. The molecule has 0 atom stereocenters. The Hall–Kier alpha value is -0.850. The number of likely N-dealkylation sites (tertiary alicyclic amines) is 1. The summed E-state index contributed by atoms with van der Waals surface area (Å²) in [4.78, 5) is 24.5. The fraction of sp³-hybridized carbons (Fsp3) is 0.818. The van der Waals surface area contributed by atoms with Crippen LogP contribution in [-0.2, 0) is 4.79 Å². The Kier molecular flexibility index (Phi) is 8.70. The highest BCUT2D eigenvalue weighted by atomic mass is 35.5. The van der Waals surface area contributed by atoms with Gasteiger partial charge in [-0.1, -0.05) is 0 Å². The maximum absolute atomic E-state index is 11.4. The van der Waals surface area contributed by atoms with E-state index >= 15 is 0 Å². The number of urea groups is 1. The standard InChI is InChI=1S/C11H22N4O2.ClH/c1-12-9-3-6-15(7-4-9)8-5-10(16)14-11(17)13-2;/h9,12H,3-8H2,1-2H3,(H2,13,14,16,17);1H. The van der Waals surface area contributed by atoms with Crippen molar-refractivity contribution < 1.29 is 9.59 Å². The lowest BCUT2D eigenvalue weighted by Crippen LogP contribution is -2.43. The third-order valence-electron chi connectivity index (χ3n) is 3.13. The van der Waals surface area contributed by atoms with Crippen molar-refractivity contribution in [1.82, 2.24) is 20.9 Å². The van der Waals surface area contributed by atoms with Crippen LogP contribution in [0.25, 0.3) is 0 Å². The highest BCUT2D eigenvalue weighted by Crippen LogP contribution is 2.09. The normalized spacial score (nSPS) is 16.8. The Balaban J connectivity index is 0.00000289. The van der Waals surface area contributed by atoms with Gasteiger partial charge in [0.2, 0.25) is 5.91 Å². The number of carbonyl (C=O) groups is 2. The smallest absolute Gasteiger partial charge is 0.321 e. The molecule has 0 saturated carbocycles. The van der Waals surface area contributed by atoms with E-state index in [4.69, 9.17) is 0 Å². The van der Waals surface area contributed by atoms with Gasteiger partial charge in [-0.15, -0.1) is 12.4 Å². The molecule has 0 unspecified atom stereocenters. The van der Waals surface area contributed by atoms with Crippen molar-refractivity contribution in [3.05, 3.63) is 0 Å². The Labute approximate surface area is 114 Å². The van der Waals surface area contributed by atoms with E-state index in [1.807, 2.05) is 7.05 Å². The molecule has 1 fully saturated rings. The molecule has 1 heterocycles. The lowest BCUT2D eigenvalue weighted by Gasteiger charge is -2.31. The number of carbonyl (C=O) groups excluding carboxylic acids is 2. The molecule has 0 aromatic heterocycles. The third-order valence-corrected chi connectivity index (χ3v) is 3.13. The Morgan fingerprint density at radius 1 is 1.22 bits per heavy atom. The summed E-state index contributed by atoms with van der Waals surface area (Å²) in [5.41, 5.74) is 0. The molecule has 3 amide bonds. The third kappa shape index (κ3) is 6.18. The van der Waals surface area contributed by atoms with E-state index in [1.54, 1.807) is 0 Å². The molecule has 0 aromatic rings. The fourth-order valence-electron chi connectivity index (χ4n) is 1.96. The van der Waals surface area contributed by atoms with Gasteiger partial charge in [0.25, 0.3) is 0 Å². The molecule has 106 valence electrons. The van der Waals surface area contributed by atoms with Gasteiger partial charge >= 0.3 is 6.03 Å². The van der Waals surface area contributed by atoms with Crippen LogP contribution < -0.4 is 16.0 Å². The van der Waals surface area contributed by atoms with Gasteiger partial charge < -0.3 is 15.5 Å². The van der Waals surface area contributed by atoms with Crippen LogP contribution in [0.3, 0.4) is 0 Å². The second-order valence-electron chi connectivity index (χ2n) is 4.28. The molecule has 7 heteroatoms. The average molecular weight is 279 g/mol. The highest BCUT2D eigenvalue weighted by molar-refractivity contribution is 5.94. The van der Waals surface area contributed by atoms with Crippen LogP contribution in [0.1, 0.15) is 19.3 Å². The van der Waals surface area contributed by atoms with Crippen molar-refractivity contribution in [2.24, 2.45) is 0 Å². The van der Waals surface area contributed by atoms with E-state index in [1.165, 1.54) is 7.05 Å². The number of hydrogen-bond donors (Lipinski definition) is 3. The molecule has 18 heavy (non-hydrogen) atoms. The first kappa shape index (κ1) is 17.2. The molecule has 1 aliphatic rings. The van der Waals surface area contributed by atoms with Crippen LogP contribution in [0.5, 0.6) is 0 Å². The second kappa shape index (κ2) is 9.13. The number of rotatable bonds is 4. The van der Waals surface area contributed by atoms with Crippen molar-refractivity contribution >= 4 is 24.3 Å². The van der Waals surface area contributed by atoms with Gasteiger partial charge in [0.15, 0.2) is 0 Å². The van der Waals surface area contributed by atoms with Crippen LogP contribution in [0.2, 0.25) is 0 Å². The predicted octanol–water partition coefficient (Wildman–Crippen LogP) is -0.0623. The van der Waals surface area contributed by atoms with E-state index in [2.05, 4.69) is 20.9 Å². The molecule has 1 aliphatic heterocycles. The number of nitrogens with zero attached hydrogens (tertiary/aromatic N) is 1. The topological polar surface area (TPSA) is 73.5 Å². The van der Waals surface area contributed by atoms with Gasteiger partial charge in [0, 0.05) is 26.1 Å². The number of amides is 3. The van der Waals surface area contributed by atoms with E-state index in [0.29, 0.717) is 12.5 Å². The molecule has 3 N–H and O–H groups in total. The summed E-state index contributed by atoms with van der Waals surface area (Å²) in [6, 6.07) is 0.162. The van der Waals surface area contributed by atoms with Crippen molar-refractivity contribution in [2.75, 3.05) is 33.7 Å². The molecular formula is C11H23ClN4O2. The molecule has 0 aromatic carbocycles. The quantitative estimate of drug-likeness (QED) is 0.674. The monoisotopic (exact) mass is 278 g/mol. The van der Waals surface area contributed by atoms with Gasteiger partial charge in [-0.3, -0.25) is 10.1 Å². The molecule has 0 spiro atoms. The van der Waals surface area contributed by atoms with Crippen molar-refractivity contribution in [3.8, 4) is 0 Å². The fourth-order valence-corrected chi connectivity index (χ4v) is 1.96. The van der Waals surface area contributed by atoms with Gasteiger partial charge in [-0.25, -0.2) is 4.79 Å². The summed E-state index contributed by atoms with van der Waals surface area (Å²) in [7, 11) is 3.47. The Morgan fingerprint density at radius 2 is 1.83 bits per heavy atom. The van der Waals surface area contributed by atoms with Gasteiger partial charge in [0.1, 0.15) is 0 Å². The summed E-state index contributed by atoms with van der Waals surface area (Å²) >= 11 is 0. The van der Waals surface area contributed by atoms with Crippen LogP contribution in [0.4, 0.5) is 4.79 Å². The molecule has 6 nitrogen and oxygen atoms in total. The largest absolute Gasteiger partial charge is 0.341 e. The van der Waals surface area contributed by atoms with E-state index in [0.717, 1.165) is 32.5 Å². The molecule has 1 rings (SSSR count). The summed E-state index contributed by atoms with van der Waals surface area (Å²) in [5.74, 6) is -0.222. The number of hydrogen-bond acceptors (Lipinski definition) is 4. The summed E-state index contributed by atoms with van der Waals surface area (Å²) in [6.07, 6.45) is 2.61.